The molecule has 0 aromatic carbocycles. The molecule has 3 saturated carbocycles. The van der Waals surface area contributed by atoms with Gasteiger partial charge in [0.25, 0.3) is 0 Å². The van der Waals surface area contributed by atoms with Crippen LogP contribution in [0, 0.1) is 28.6 Å². The van der Waals surface area contributed by atoms with Crippen LogP contribution in [0.25, 0.3) is 0 Å². The number of pyridine rings is 1. The summed E-state index contributed by atoms with van der Waals surface area (Å²) in [6.45, 7) is 5.11. The largest absolute Gasteiger partial charge is 0.393 e. The zero-order valence-corrected chi connectivity index (χ0v) is 16.3. The van der Waals surface area contributed by atoms with Crippen LogP contribution in [0.3, 0.4) is 0 Å². The van der Waals surface area contributed by atoms with Crippen LogP contribution in [0.4, 0.5) is 0 Å². The first-order valence-electron chi connectivity index (χ1n) is 10.8. The number of aliphatic hydroxyl groups excluding tert-OH is 1. The van der Waals surface area contributed by atoms with Crippen molar-refractivity contribution in [2.45, 2.75) is 77.2 Å². The van der Waals surface area contributed by atoms with E-state index in [1.165, 1.54) is 44.1 Å². The van der Waals surface area contributed by atoms with Gasteiger partial charge in [0.05, 0.1) is 6.10 Å². The zero-order chi connectivity index (χ0) is 17.9. The number of hydrogen-bond donors (Lipinski definition) is 1. The molecule has 0 spiro atoms. The first kappa shape index (κ1) is 17.0. The van der Waals surface area contributed by atoms with Crippen molar-refractivity contribution in [3.8, 4) is 0 Å². The van der Waals surface area contributed by atoms with Crippen molar-refractivity contribution in [1.29, 1.82) is 0 Å². The molecule has 0 saturated heterocycles. The molecule has 0 amide bonds. The van der Waals surface area contributed by atoms with Gasteiger partial charge >= 0.3 is 0 Å². The number of rotatable bonds is 1. The van der Waals surface area contributed by atoms with Crippen molar-refractivity contribution >= 4 is 0 Å². The van der Waals surface area contributed by atoms with Crippen LogP contribution in [0.1, 0.15) is 76.7 Å². The number of nitrogens with zero attached hydrogens (tertiary/aromatic N) is 1. The SMILES string of the molecule is C[C@]12CCC3[C@@H](CC=C4C[C@@H](O)CC[C@@]43C)C1CCC2c1cccnc1. The Hall–Kier alpha value is -1.15. The lowest BCUT2D eigenvalue weighted by atomic mass is 9.47. The first-order chi connectivity index (χ1) is 12.5. The molecule has 5 rings (SSSR count). The van der Waals surface area contributed by atoms with E-state index in [4.69, 9.17) is 0 Å². The van der Waals surface area contributed by atoms with Crippen LogP contribution in [-0.2, 0) is 0 Å². The number of fused-ring (bicyclic) bond motifs is 5. The third kappa shape index (κ3) is 2.30. The predicted molar refractivity (Wildman–Crippen MR) is 105 cm³/mol. The molecule has 3 unspecified atom stereocenters. The lowest BCUT2D eigenvalue weighted by molar-refractivity contribution is -0.0409. The maximum absolute atomic E-state index is 10.2. The first-order valence-corrected chi connectivity index (χ1v) is 10.8. The molecule has 26 heavy (non-hydrogen) atoms. The van der Waals surface area contributed by atoms with Crippen LogP contribution in [-0.4, -0.2) is 16.2 Å². The van der Waals surface area contributed by atoms with Crippen molar-refractivity contribution in [2.75, 3.05) is 0 Å². The summed E-state index contributed by atoms with van der Waals surface area (Å²) in [6, 6.07) is 4.42. The van der Waals surface area contributed by atoms with E-state index >= 15 is 0 Å². The fraction of sp³-hybridized carbons (Fsp3) is 0.708. The van der Waals surface area contributed by atoms with Crippen molar-refractivity contribution in [1.82, 2.24) is 4.98 Å². The van der Waals surface area contributed by atoms with E-state index in [1.807, 2.05) is 6.20 Å². The molecule has 1 heterocycles. The molecule has 4 aliphatic rings. The molecule has 1 aromatic heterocycles. The minimum atomic E-state index is -0.0961. The number of allylic oxidation sites excluding steroid dienone is 1. The molecule has 1 N–H and O–H groups in total. The third-order valence-electron chi connectivity index (χ3n) is 9.16. The van der Waals surface area contributed by atoms with E-state index in [2.05, 4.69) is 43.2 Å². The minimum absolute atomic E-state index is 0.0961. The average Bonchev–Trinajstić information content (AvgIpc) is 3.00. The normalized spacial score (nSPS) is 47.5. The highest BCUT2D eigenvalue weighted by Crippen LogP contribution is 2.67. The highest BCUT2D eigenvalue weighted by atomic mass is 16.3. The Bertz CT molecular complexity index is 712. The molecular formula is C24H33NO. The number of aliphatic hydroxyl groups is 1. The highest BCUT2D eigenvalue weighted by molar-refractivity contribution is 5.28. The minimum Gasteiger partial charge on any atom is -0.393 e. The summed E-state index contributed by atoms with van der Waals surface area (Å²) in [6.07, 6.45) is 16.3. The molecular weight excluding hydrogens is 318 g/mol. The molecule has 1 aromatic rings. The van der Waals surface area contributed by atoms with E-state index in [0.717, 1.165) is 30.6 Å². The Balaban J connectivity index is 1.47. The van der Waals surface area contributed by atoms with Gasteiger partial charge in [-0.2, -0.15) is 0 Å². The van der Waals surface area contributed by atoms with Gasteiger partial charge in [0, 0.05) is 12.4 Å². The molecule has 140 valence electrons. The summed E-state index contributed by atoms with van der Waals surface area (Å²) in [5.41, 5.74) is 3.86. The van der Waals surface area contributed by atoms with E-state index in [9.17, 15) is 5.11 Å². The molecule has 0 aliphatic heterocycles. The summed E-state index contributed by atoms with van der Waals surface area (Å²) in [5.74, 6) is 3.22. The zero-order valence-electron chi connectivity index (χ0n) is 16.3. The molecule has 3 fully saturated rings. The van der Waals surface area contributed by atoms with Gasteiger partial charge in [-0.05, 0) is 97.5 Å². The third-order valence-corrected chi connectivity index (χ3v) is 9.16. The van der Waals surface area contributed by atoms with Crippen molar-refractivity contribution in [2.24, 2.45) is 28.6 Å². The van der Waals surface area contributed by atoms with Crippen molar-refractivity contribution in [3.63, 3.8) is 0 Å². The van der Waals surface area contributed by atoms with E-state index in [-0.39, 0.29) is 6.10 Å². The summed E-state index contributed by atoms with van der Waals surface area (Å²) in [7, 11) is 0. The van der Waals surface area contributed by atoms with Gasteiger partial charge in [0.2, 0.25) is 0 Å². The quantitative estimate of drug-likeness (QED) is 0.679. The molecule has 0 bridgehead atoms. The van der Waals surface area contributed by atoms with E-state index in [1.54, 1.807) is 5.57 Å². The number of aromatic nitrogens is 1. The van der Waals surface area contributed by atoms with Gasteiger partial charge in [-0.15, -0.1) is 0 Å². The van der Waals surface area contributed by atoms with Crippen LogP contribution >= 0.6 is 0 Å². The molecule has 0 radical (unpaired) electrons. The van der Waals surface area contributed by atoms with Gasteiger partial charge in [-0.25, -0.2) is 0 Å². The highest BCUT2D eigenvalue weighted by Gasteiger charge is 2.58. The molecule has 2 nitrogen and oxygen atoms in total. The van der Waals surface area contributed by atoms with Gasteiger partial charge in [0.1, 0.15) is 0 Å². The standard InChI is InChI=1S/C24H33NO/c1-23-11-9-18(26)14-17(23)5-6-19-21-8-7-20(16-4-3-13-25-15-16)24(21,2)12-10-22(19)23/h3-5,13,15,18-22,26H,6-12,14H2,1-2H3/t18-,19-,20?,21?,22?,23-,24+/m0/s1. The van der Waals surface area contributed by atoms with Crippen LogP contribution in [0.15, 0.2) is 36.2 Å². The fourth-order valence-corrected chi connectivity index (χ4v) is 7.77. The van der Waals surface area contributed by atoms with E-state index < -0.39 is 0 Å². The summed E-state index contributed by atoms with van der Waals surface area (Å²) < 4.78 is 0. The predicted octanol–water partition coefficient (Wildman–Crippen LogP) is 5.49. The summed E-state index contributed by atoms with van der Waals surface area (Å²) in [4.78, 5) is 4.42. The van der Waals surface area contributed by atoms with Gasteiger partial charge in [0.15, 0.2) is 0 Å². The van der Waals surface area contributed by atoms with Gasteiger partial charge < -0.3 is 5.11 Å². The molecule has 7 atom stereocenters. The fourth-order valence-electron chi connectivity index (χ4n) is 7.77. The Labute approximate surface area is 158 Å². The van der Waals surface area contributed by atoms with E-state index in [0.29, 0.717) is 16.7 Å². The Morgan fingerprint density at radius 1 is 1.08 bits per heavy atom. The molecule has 2 heteroatoms. The maximum atomic E-state index is 10.2. The van der Waals surface area contributed by atoms with Crippen molar-refractivity contribution in [3.05, 3.63) is 41.7 Å². The second-order valence-electron chi connectivity index (χ2n) is 10.1. The van der Waals surface area contributed by atoms with Crippen LogP contribution in [0.2, 0.25) is 0 Å². The topological polar surface area (TPSA) is 33.1 Å². The van der Waals surface area contributed by atoms with Gasteiger partial charge in [-0.1, -0.05) is 31.6 Å². The maximum Gasteiger partial charge on any atom is 0.0577 e. The Kier molecular flexibility index (Phi) is 3.87. The second-order valence-corrected chi connectivity index (χ2v) is 10.1. The smallest absolute Gasteiger partial charge is 0.0577 e. The van der Waals surface area contributed by atoms with Crippen molar-refractivity contribution < 1.29 is 5.11 Å². The monoisotopic (exact) mass is 351 g/mol. The Morgan fingerprint density at radius 2 is 1.96 bits per heavy atom. The Morgan fingerprint density at radius 3 is 2.77 bits per heavy atom. The van der Waals surface area contributed by atoms with Crippen LogP contribution < -0.4 is 0 Å². The molecule has 4 aliphatic carbocycles. The van der Waals surface area contributed by atoms with Crippen LogP contribution in [0.5, 0.6) is 0 Å². The summed E-state index contributed by atoms with van der Waals surface area (Å²) >= 11 is 0. The van der Waals surface area contributed by atoms with Gasteiger partial charge in [-0.3, -0.25) is 4.98 Å². The number of hydrogen-bond acceptors (Lipinski definition) is 2. The lowest BCUT2D eigenvalue weighted by Crippen LogP contribution is -2.50. The second kappa shape index (κ2) is 5.92. The summed E-state index contributed by atoms with van der Waals surface area (Å²) in [5, 5.41) is 10.2. The average molecular weight is 352 g/mol. The lowest BCUT2D eigenvalue weighted by Gasteiger charge is -2.58.